The van der Waals surface area contributed by atoms with Gasteiger partial charge < -0.3 is 25.2 Å². The van der Waals surface area contributed by atoms with Gasteiger partial charge in [-0.25, -0.2) is 0 Å². The summed E-state index contributed by atoms with van der Waals surface area (Å²) in [5, 5.41) is 23.5. The second-order valence-corrected chi connectivity index (χ2v) is 10.3. The molecule has 34 heavy (non-hydrogen) atoms. The highest BCUT2D eigenvalue weighted by atomic mass is 16.5. The molecule has 0 spiro atoms. The predicted octanol–water partition coefficient (Wildman–Crippen LogP) is 2.76. The number of nitrogens with one attached hydrogen (secondary N) is 1. The largest absolute Gasteiger partial charge is 0.486 e. The molecule has 7 heteroatoms. The van der Waals surface area contributed by atoms with E-state index in [9.17, 15) is 19.8 Å². The lowest BCUT2D eigenvalue weighted by atomic mass is 9.77. The van der Waals surface area contributed by atoms with Crippen LogP contribution in [0.2, 0.25) is 0 Å². The summed E-state index contributed by atoms with van der Waals surface area (Å²) in [5.74, 6) is 0.540. The number of hydrogen-bond donors (Lipinski definition) is 3. The maximum absolute atomic E-state index is 13.4. The first-order chi connectivity index (χ1) is 16.4. The highest BCUT2D eigenvalue weighted by Gasteiger charge is 2.50. The van der Waals surface area contributed by atoms with Crippen molar-refractivity contribution in [1.82, 2.24) is 10.2 Å². The molecule has 3 N–H and O–H groups in total. The number of ether oxygens (including phenoxy) is 1. The van der Waals surface area contributed by atoms with Gasteiger partial charge in [0.1, 0.15) is 18.0 Å². The lowest BCUT2D eigenvalue weighted by molar-refractivity contribution is -0.139. The minimum atomic E-state index is -0.952. The van der Waals surface area contributed by atoms with Gasteiger partial charge in [0.15, 0.2) is 0 Å². The smallest absolute Gasteiger partial charge is 0.247 e. The number of fused-ring (bicyclic) bond motifs is 3. The van der Waals surface area contributed by atoms with Crippen molar-refractivity contribution < 1.29 is 24.5 Å². The fraction of sp³-hybridized carbons (Fsp3) is 0.630. The number of amides is 2. The van der Waals surface area contributed by atoms with Gasteiger partial charge >= 0.3 is 0 Å². The molecular weight excluding hydrogens is 432 g/mol. The lowest BCUT2D eigenvalue weighted by Crippen LogP contribution is -2.56. The summed E-state index contributed by atoms with van der Waals surface area (Å²) in [6, 6.07) is 6.90. The minimum absolute atomic E-state index is 0.00458. The van der Waals surface area contributed by atoms with Gasteiger partial charge in [-0.2, -0.15) is 0 Å². The number of carbonyl (C=O) groups is 2. The van der Waals surface area contributed by atoms with Crippen molar-refractivity contribution in [3.8, 4) is 5.75 Å². The van der Waals surface area contributed by atoms with Crippen LogP contribution in [0.15, 0.2) is 35.9 Å². The summed E-state index contributed by atoms with van der Waals surface area (Å²) in [6.45, 7) is 4.60. The summed E-state index contributed by atoms with van der Waals surface area (Å²) in [5.41, 5.74) is 1.35. The van der Waals surface area contributed by atoms with Gasteiger partial charge in [0.25, 0.3) is 0 Å². The Balaban J connectivity index is 1.70. The highest BCUT2D eigenvalue weighted by molar-refractivity contribution is 5.96. The van der Waals surface area contributed by atoms with Crippen molar-refractivity contribution in [3.05, 3.63) is 41.5 Å². The van der Waals surface area contributed by atoms with Crippen LogP contribution in [0.3, 0.4) is 0 Å². The van der Waals surface area contributed by atoms with E-state index in [1.54, 1.807) is 6.08 Å². The SMILES string of the molecule is CC(C)CC(=O)N(CC1CCCCC1)C1C=C(C(=O)NCCO)C2c3ccccc3OC2C1O. The molecule has 1 aliphatic heterocycles. The highest BCUT2D eigenvalue weighted by Crippen LogP contribution is 2.47. The van der Waals surface area contributed by atoms with Crippen molar-refractivity contribution in [2.24, 2.45) is 11.8 Å². The summed E-state index contributed by atoms with van der Waals surface area (Å²) >= 11 is 0. The molecule has 1 aromatic carbocycles. The van der Waals surface area contributed by atoms with Gasteiger partial charge in [-0.1, -0.05) is 51.3 Å². The Kier molecular flexibility index (Phi) is 7.94. The molecule has 0 saturated heterocycles. The zero-order valence-corrected chi connectivity index (χ0v) is 20.3. The minimum Gasteiger partial charge on any atom is -0.486 e. The van der Waals surface area contributed by atoms with Crippen LogP contribution < -0.4 is 10.1 Å². The number of hydrogen-bond acceptors (Lipinski definition) is 5. The Bertz CT molecular complexity index is 908. The van der Waals surface area contributed by atoms with Crippen molar-refractivity contribution in [2.45, 2.75) is 76.5 Å². The molecule has 1 heterocycles. The van der Waals surface area contributed by atoms with Crippen LogP contribution in [-0.2, 0) is 9.59 Å². The molecule has 0 bridgehead atoms. The summed E-state index contributed by atoms with van der Waals surface area (Å²) < 4.78 is 6.18. The molecule has 3 aliphatic rings. The molecule has 1 aromatic rings. The van der Waals surface area contributed by atoms with E-state index < -0.39 is 24.2 Å². The van der Waals surface area contributed by atoms with E-state index in [0.29, 0.717) is 30.2 Å². The third-order valence-electron chi connectivity index (χ3n) is 7.32. The molecule has 2 aliphatic carbocycles. The Morgan fingerprint density at radius 1 is 1.18 bits per heavy atom. The molecule has 0 aromatic heterocycles. The lowest BCUT2D eigenvalue weighted by Gasteiger charge is -2.42. The van der Waals surface area contributed by atoms with E-state index >= 15 is 0 Å². The van der Waals surface area contributed by atoms with Gasteiger partial charge in [0.05, 0.1) is 18.6 Å². The van der Waals surface area contributed by atoms with Crippen molar-refractivity contribution in [1.29, 1.82) is 0 Å². The van der Waals surface area contributed by atoms with E-state index in [0.717, 1.165) is 31.2 Å². The molecule has 7 nitrogen and oxygen atoms in total. The van der Waals surface area contributed by atoms with Crippen LogP contribution in [0.5, 0.6) is 5.75 Å². The number of benzene rings is 1. The predicted molar refractivity (Wildman–Crippen MR) is 129 cm³/mol. The van der Waals surface area contributed by atoms with Gasteiger partial charge in [-0.05, 0) is 36.8 Å². The van der Waals surface area contributed by atoms with Gasteiger partial charge in [0, 0.05) is 30.6 Å². The van der Waals surface area contributed by atoms with Crippen molar-refractivity contribution >= 4 is 11.8 Å². The Morgan fingerprint density at radius 2 is 1.91 bits per heavy atom. The normalized spacial score (nSPS) is 26.3. The Labute approximate surface area is 202 Å². The number of aliphatic hydroxyl groups is 2. The standard InChI is InChI=1S/C27H38N2O5/c1-17(2)14-23(31)29(16-18-8-4-3-5-9-18)21-15-20(27(33)28-12-13-30)24-19-10-6-7-11-22(19)34-26(24)25(21)32/h6-7,10-11,15,17-18,21,24-26,30,32H,3-5,8-9,12-14,16H2,1-2H3,(H,28,33). The molecule has 1 fully saturated rings. The Morgan fingerprint density at radius 3 is 2.62 bits per heavy atom. The van der Waals surface area contributed by atoms with Crippen LogP contribution in [0.4, 0.5) is 0 Å². The van der Waals surface area contributed by atoms with E-state index in [4.69, 9.17) is 4.74 Å². The van der Waals surface area contributed by atoms with Gasteiger partial charge in [-0.15, -0.1) is 0 Å². The second kappa shape index (κ2) is 10.9. The number of para-hydroxylation sites is 1. The third-order valence-corrected chi connectivity index (χ3v) is 7.32. The average Bonchev–Trinajstić information content (AvgIpc) is 3.22. The first-order valence-electron chi connectivity index (χ1n) is 12.7. The molecule has 2 amide bonds. The van der Waals surface area contributed by atoms with E-state index in [2.05, 4.69) is 5.32 Å². The van der Waals surface area contributed by atoms with E-state index in [-0.39, 0.29) is 30.9 Å². The molecule has 4 atom stereocenters. The molecule has 4 rings (SSSR count). The van der Waals surface area contributed by atoms with Crippen molar-refractivity contribution in [2.75, 3.05) is 19.7 Å². The zero-order chi connectivity index (χ0) is 24.2. The second-order valence-electron chi connectivity index (χ2n) is 10.3. The van der Waals surface area contributed by atoms with Crippen LogP contribution in [0.1, 0.15) is 63.9 Å². The maximum Gasteiger partial charge on any atom is 0.247 e. The van der Waals surface area contributed by atoms with Crippen LogP contribution in [0.25, 0.3) is 0 Å². The summed E-state index contributed by atoms with van der Waals surface area (Å²) in [4.78, 5) is 28.4. The van der Waals surface area contributed by atoms with Crippen LogP contribution >= 0.6 is 0 Å². The fourth-order valence-corrected chi connectivity index (χ4v) is 5.70. The average molecular weight is 471 g/mol. The first-order valence-corrected chi connectivity index (χ1v) is 12.7. The summed E-state index contributed by atoms with van der Waals surface area (Å²) in [7, 11) is 0. The molecule has 4 unspecified atom stereocenters. The van der Waals surface area contributed by atoms with Gasteiger partial charge in [0.2, 0.25) is 11.8 Å². The van der Waals surface area contributed by atoms with Crippen LogP contribution in [-0.4, -0.2) is 64.9 Å². The topological polar surface area (TPSA) is 99.1 Å². The van der Waals surface area contributed by atoms with Crippen molar-refractivity contribution in [3.63, 3.8) is 0 Å². The zero-order valence-electron chi connectivity index (χ0n) is 20.3. The summed E-state index contributed by atoms with van der Waals surface area (Å²) in [6.07, 6.45) is 6.29. The number of carbonyl (C=O) groups excluding carboxylic acids is 2. The molecular formula is C27H38N2O5. The number of nitrogens with zero attached hydrogens (tertiary/aromatic N) is 1. The number of aliphatic hydroxyl groups excluding tert-OH is 2. The fourth-order valence-electron chi connectivity index (χ4n) is 5.70. The first kappa shape index (κ1) is 24.7. The monoisotopic (exact) mass is 470 g/mol. The molecule has 1 saturated carbocycles. The molecule has 0 radical (unpaired) electrons. The van der Waals surface area contributed by atoms with Crippen LogP contribution in [0, 0.1) is 11.8 Å². The van der Waals surface area contributed by atoms with E-state index in [1.807, 2.05) is 43.0 Å². The third kappa shape index (κ3) is 5.15. The maximum atomic E-state index is 13.4. The Hall–Kier alpha value is -2.38. The molecule has 186 valence electrons. The van der Waals surface area contributed by atoms with E-state index in [1.165, 1.54) is 6.42 Å². The number of rotatable bonds is 8. The quantitative estimate of drug-likeness (QED) is 0.543. The van der Waals surface area contributed by atoms with Gasteiger partial charge in [-0.3, -0.25) is 9.59 Å².